The third kappa shape index (κ3) is 1.98. The van der Waals surface area contributed by atoms with E-state index in [1.807, 2.05) is 25.1 Å². The Morgan fingerprint density at radius 2 is 2.32 bits per heavy atom. The molecule has 92 valence electrons. The Bertz CT molecular complexity index is 765. The number of nitrogens with zero attached hydrogens (tertiary/aromatic N) is 4. The second-order valence-electron chi connectivity index (χ2n) is 4.01. The predicted molar refractivity (Wildman–Crippen MR) is 66.8 cm³/mol. The fourth-order valence-corrected chi connectivity index (χ4v) is 1.73. The van der Waals surface area contributed by atoms with Gasteiger partial charge in [-0.25, -0.2) is 0 Å². The molecule has 3 aromatic heterocycles. The Morgan fingerprint density at radius 1 is 1.42 bits per heavy atom. The summed E-state index contributed by atoms with van der Waals surface area (Å²) in [6.45, 7) is 1.93. The number of aryl methyl sites for hydroxylation is 1. The minimum atomic E-state index is 0.335. The lowest BCUT2D eigenvalue weighted by Gasteiger charge is -1.96. The molecule has 6 nitrogen and oxygen atoms in total. The lowest BCUT2D eigenvalue weighted by atomic mass is 10.2. The van der Waals surface area contributed by atoms with Crippen LogP contribution < -0.4 is 0 Å². The zero-order chi connectivity index (χ0) is 13.2. The van der Waals surface area contributed by atoms with E-state index in [4.69, 9.17) is 9.78 Å². The molecule has 0 radical (unpaired) electrons. The van der Waals surface area contributed by atoms with E-state index < -0.39 is 0 Å². The van der Waals surface area contributed by atoms with Crippen molar-refractivity contribution in [2.75, 3.05) is 0 Å². The van der Waals surface area contributed by atoms with Gasteiger partial charge in [0.15, 0.2) is 0 Å². The Morgan fingerprint density at radius 3 is 3.05 bits per heavy atom. The van der Waals surface area contributed by atoms with E-state index in [9.17, 15) is 0 Å². The van der Waals surface area contributed by atoms with Crippen LogP contribution in [0.3, 0.4) is 0 Å². The topological polar surface area (TPSA) is 91.4 Å². The first-order chi connectivity index (χ1) is 9.28. The van der Waals surface area contributed by atoms with E-state index in [-0.39, 0.29) is 0 Å². The number of aromatic nitrogens is 4. The van der Waals surface area contributed by atoms with Crippen molar-refractivity contribution >= 4 is 0 Å². The van der Waals surface area contributed by atoms with Crippen molar-refractivity contribution in [1.82, 2.24) is 20.1 Å². The molecule has 0 saturated heterocycles. The fraction of sp³-hybridized carbons (Fsp3) is 0.0769. The molecular formula is C13H9N5O. The first-order valence-corrected chi connectivity index (χ1v) is 5.62. The number of hydrogen-bond acceptors (Lipinski definition) is 5. The molecule has 0 bridgehead atoms. The van der Waals surface area contributed by atoms with E-state index >= 15 is 0 Å². The van der Waals surface area contributed by atoms with Gasteiger partial charge in [-0.2, -0.15) is 10.2 Å². The highest BCUT2D eigenvalue weighted by Gasteiger charge is 2.14. The highest BCUT2D eigenvalue weighted by molar-refractivity contribution is 5.58. The van der Waals surface area contributed by atoms with Crippen molar-refractivity contribution in [3.63, 3.8) is 0 Å². The van der Waals surface area contributed by atoms with Gasteiger partial charge in [-0.3, -0.25) is 4.98 Å². The molecule has 0 aliphatic heterocycles. The van der Waals surface area contributed by atoms with Crippen LogP contribution >= 0.6 is 0 Å². The molecule has 0 atom stereocenters. The first kappa shape index (κ1) is 11.2. The Labute approximate surface area is 108 Å². The number of aromatic amines is 1. The number of nitriles is 1. The van der Waals surface area contributed by atoms with Crippen LogP contribution in [-0.2, 0) is 0 Å². The van der Waals surface area contributed by atoms with E-state index in [0.29, 0.717) is 28.7 Å². The lowest BCUT2D eigenvalue weighted by molar-refractivity contribution is 0.431. The normalized spacial score (nSPS) is 10.3. The third-order valence-corrected chi connectivity index (χ3v) is 2.69. The number of rotatable bonds is 2. The molecule has 0 aromatic carbocycles. The standard InChI is InChI=1S/C13H9N5O/c1-8-3-2-4-15-11(8)12-17-13(19-18-12)10-5-9(6-14)7-16-10/h2-5,7,16H,1H3. The van der Waals surface area contributed by atoms with Gasteiger partial charge in [0, 0.05) is 12.4 Å². The Hall–Kier alpha value is -2.94. The molecule has 0 amide bonds. The summed E-state index contributed by atoms with van der Waals surface area (Å²) in [7, 11) is 0. The molecule has 0 fully saturated rings. The molecular weight excluding hydrogens is 242 g/mol. The van der Waals surface area contributed by atoms with Crippen molar-refractivity contribution in [3.8, 4) is 29.2 Å². The van der Waals surface area contributed by atoms with E-state index in [2.05, 4.69) is 20.1 Å². The van der Waals surface area contributed by atoms with Gasteiger partial charge in [0.25, 0.3) is 5.89 Å². The van der Waals surface area contributed by atoms with Crippen LogP contribution in [0.2, 0.25) is 0 Å². The molecule has 0 aliphatic carbocycles. The van der Waals surface area contributed by atoms with Crippen molar-refractivity contribution in [3.05, 3.63) is 41.7 Å². The quantitative estimate of drug-likeness (QED) is 0.754. The number of hydrogen-bond donors (Lipinski definition) is 1. The average Bonchev–Trinajstić information content (AvgIpc) is 3.08. The monoisotopic (exact) mass is 251 g/mol. The maximum Gasteiger partial charge on any atom is 0.274 e. The Kier molecular flexibility index (Phi) is 2.58. The molecule has 3 aromatic rings. The molecule has 0 unspecified atom stereocenters. The summed E-state index contributed by atoms with van der Waals surface area (Å²) in [4.78, 5) is 11.4. The van der Waals surface area contributed by atoms with Crippen LogP contribution in [0.25, 0.3) is 23.1 Å². The molecule has 0 spiro atoms. The molecule has 6 heteroatoms. The Balaban J connectivity index is 2.00. The highest BCUT2D eigenvalue weighted by atomic mass is 16.5. The summed E-state index contributed by atoms with van der Waals surface area (Å²) < 4.78 is 5.18. The summed E-state index contributed by atoms with van der Waals surface area (Å²) >= 11 is 0. The number of nitrogens with one attached hydrogen (secondary N) is 1. The van der Waals surface area contributed by atoms with Crippen LogP contribution in [0.5, 0.6) is 0 Å². The van der Waals surface area contributed by atoms with Crippen LogP contribution in [0.1, 0.15) is 11.1 Å². The van der Waals surface area contributed by atoms with E-state index in [1.165, 1.54) is 0 Å². The van der Waals surface area contributed by atoms with Crippen LogP contribution in [-0.4, -0.2) is 20.1 Å². The largest absolute Gasteiger partial charge is 0.356 e. The molecule has 1 N–H and O–H groups in total. The van der Waals surface area contributed by atoms with Crippen molar-refractivity contribution in [1.29, 1.82) is 5.26 Å². The number of pyridine rings is 1. The van der Waals surface area contributed by atoms with Crippen LogP contribution in [0.4, 0.5) is 0 Å². The fourth-order valence-electron chi connectivity index (χ4n) is 1.73. The van der Waals surface area contributed by atoms with Gasteiger partial charge in [-0.05, 0) is 24.6 Å². The minimum Gasteiger partial charge on any atom is -0.356 e. The molecule has 0 saturated carbocycles. The van der Waals surface area contributed by atoms with Crippen molar-refractivity contribution < 1.29 is 4.52 Å². The minimum absolute atomic E-state index is 0.335. The summed E-state index contributed by atoms with van der Waals surface area (Å²) in [5.74, 6) is 0.766. The van der Waals surface area contributed by atoms with E-state index in [1.54, 1.807) is 18.5 Å². The summed E-state index contributed by atoms with van der Waals surface area (Å²) in [6.07, 6.45) is 3.27. The third-order valence-electron chi connectivity index (χ3n) is 2.69. The van der Waals surface area contributed by atoms with E-state index in [0.717, 1.165) is 5.56 Å². The first-order valence-electron chi connectivity index (χ1n) is 5.62. The SMILES string of the molecule is Cc1cccnc1-c1noc(-c2cc(C#N)c[nH]2)n1. The maximum atomic E-state index is 8.77. The van der Waals surface area contributed by atoms with Gasteiger partial charge in [-0.1, -0.05) is 11.2 Å². The van der Waals surface area contributed by atoms with Gasteiger partial charge in [-0.15, -0.1) is 0 Å². The highest BCUT2D eigenvalue weighted by Crippen LogP contribution is 2.22. The van der Waals surface area contributed by atoms with Crippen LogP contribution in [0.15, 0.2) is 35.1 Å². The molecule has 19 heavy (non-hydrogen) atoms. The average molecular weight is 251 g/mol. The smallest absolute Gasteiger partial charge is 0.274 e. The zero-order valence-corrected chi connectivity index (χ0v) is 10.1. The molecule has 3 rings (SSSR count). The van der Waals surface area contributed by atoms with Gasteiger partial charge in [0.1, 0.15) is 17.5 Å². The molecule has 0 aliphatic rings. The van der Waals surface area contributed by atoms with Gasteiger partial charge in [0.2, 0.25) is 5.82 Å². The maximum absolute atomic E-state index is 8.77. The second kappa shape index (κ2) is 4.38. The van der Waals surface area contributed by atoms with Gasteiger partial charge < -0.3 is 9.51 Å². The second-order valence-corrected chi connectivity index (χ2v) is 4.01. The van der Waals surface area contributed by atoms with Gasteiger partial charge >= 0.3 is 0 Å². The molecule has 3 heterocycles. The van der Waals surface area contributed by atoms with Crippen molar-refractivity contribution in [2.24, 2.45) is 0 Å². The van der Waals surface area contributed by atoms with Gasteiger partial charge in [0.05, 0.1) is 5.56 Å². The predicted octanol–water partition coefficient (Wildman–Crippen LogP) is 2.31. The van der Waals surface area contributed by atoms with Crippen molar-refractivity contribution in [2.45, 2.75) is 6.92 Å². The summed E-state index contributed by atoms with van der Waals surface area (Å²) in [5, 5.41) is 12.7. The summed E-state index contributed by atoms with van der Waals surface area (Å²) in [5.41, 5.74) is 2.79. The lowest BCUT2D eigenvalue weighted by Crippen LogP contribution is -1.89. The van der Waals surface area contributed by atoms with Crippen LogP contribution in [0, 0.1) is 18.3 Å². The number of H-pyrrole nitrogens is 1. The summed E-state index contributed by atoms with van der Waals surface area (Å²) in [6, 6.07) is 7.47. The zero-order valence-electron chi connectivity index (χ0n) is 10.1.